The lowest BCUT2D eigenvalue weighted by molar-refractivity contribution is -0.128. The van der Waals surface area contributed by atoms with Gasteiger partial charge in [0.15, 0.2) is 0 Å². The van der Waals surface area contributed by atoms with E-state index in [1.807, 2.05) is 33.8 Å². The number of rotatable bonds is 8. The Balaban J connectivity index is 0.00000320. The first-order chi connectivity index (χ1) is 17.2. The molecule has 1 aromatic rings. The summed E-state index contributed by atoms with van der Waals surface area (Å²) in [6.45, 7) is 9.53. The van der Waals surface area contributed by atoms with Gasteiger partial charge < -0.3 is 20.7 Å². The van der Waals surface area contributed by atoms with E-state index in [1.54, 1.807) is 17.1 Å². The van der Waals surface area contributed by atoms with Crippen LogP contribution in [0.2, 0.25) is 0 Å². The van der Waals surface area contributed by atoms with Crippen molar-refractivity contribution in [2.45, 2.75) is 90.8 Å². The van der Waals surface area contributed by atoms with Gasteiger partial charge in [0, 0.05) is 18.3 Å². The lowest BCUT2D eigenvalue weighted by Crippen LogP contribution is -2.55. The van der Waals surface area contributed by atoms with Gasteiger partial charge >= 0.3 is 0 Å². The molecule has 1 aromatic heterocycles. The van der Waals surface area contributed by atoms with Gasteiger partial charge in [-0.1, -0.05) is 6.08 Å². The van der Waals surface area contributed by atoms with Gasteiger partial charge in [0.05, 0.1) is 17.7 Å². The second-order valence-electron chi connectivity index (χ2n) is 12.4. The Bertz CT molecular complexity index is 970. The van der Waals surface area contributed by atoms with Crippen LogP contribution in [0.5, 0.6) is 5.88 Å². The highest BCUT2D eigenvalue weighted by Crippen LogP contribution is 2.53. The van der Waals surface area contributed by atoms with Crippen LogP contribution in [-0.2, 0) is 4.79 Å². The summed E-state index contributed by atoms with van der Waals surface area (Å²) in [7, 11) is 0. The van der Waals surface area contributed by atoms with Crippen molar-refractivity contribution >= 4 is 30.4 Å². The Morgan fingerprint density at radius 2 is 1.70 bits per heavy atom. The van der Waals surface area contributed by atoms with Gasteiger partial charge in [-0.25, -0.2) is 4.68 Å². The molecule has 4 bridgehead atoms. The van der Waals surface area contributed by atoms with Crippen LogP contribution >= 0.6 is 12.4 Å². The number of hydrogen-bond acceptors (Lipinski definition) is 5. The molecule has 0 spiro atoms. The molecule has 5 fully saturated rings. The molecule has 206 valence electrons. The van der Waals surface area contributed by atoms with Gasteiger partial charge in [0.2, 0.25) is 11.8 Å². The number of amides is 2. The summed E-state index contributed by atoms with van der Waals surface area (Å²) in [5.41, 5.74) is -0.270. The number of carbonyl (C=O) groups is 2. The predicted molar refractivity (Wildman–Crippen MR) is 147 cm³/mol. The Morgan fingerprint density at radius 1 is 1.08 bits per heavy atom. The van der Waals surface area contributed by atoms with Crippen LogP contribution < -0.4 is 20.7 Å². The maximum absolute atomic E-state index is 13.4. The molecule has 0 unspecified atom stereocenters. The largest absolute Gasteiger partial charge is 0.474 e. The van der Waals surface area contributed by atoms with Gasteiger partial charge in [-0.3, -0.25) is 9.59 Å². The highest BCUT2D eigenvalue weighted by molar-refractivity contribution is 5.96. The quantitative estimate of drug-likeness (QED) is 0.469. The lowest BCUT2D eigenvalue weighted by atomic mass is 9.54. The molecule has 1 saturated heterocycles. The highest BCUT2D eigenvalue weighted by Gasteiger charge is 2.48. The normalized spacial score (nSPS) is 29.4. The number of nitrogens with zero attached hydrogens (tertiary/aromatic N) is 2. The first-order valence-electron chi connectivity index (χ1n) is 14.0. The van der Waals surface area contributed by atoms with Gasteiger partial charge in [-0.05, 0) is 109 Å². The molecular formula is C28H44ClN5O3. The van der Waals surface area contributed by atoms with Crippen molar-refractivity contribution in [1.82, 2.24) is 25.7 Å². The SMILES string of the molecule is CC(C)Oc1c(C(=O)NC2C3CC4CC(C3)CC2C4)cnn1/C=C/C(C)(C)C(=O)NC1CCNCC1.Cl. The first-order valence-corrected chi connectivity index (χ1v) is 14.0. The van der Waals surface area contributed by atoms with E-state index in [1.165, 1.54) is 32.1 Å². The third-order valence-corrected chi connectivity index (χ3v) is 8.76. The smallest absolute Gasteiger partial charge is 0.258 e. The van der Waals surface area contributed by atoms with Crippen molar-refractivity contribution in [3.63, 3.8) is 0 Å². The van der Waals surface area contributed by atoms with Gasteiger partial charge in [-0.2, -0.15) is 5.10 Å². The summed E-state index contributed by atoms with van der Waals surface area (Å²) in [6.07, 6.45) is 13.4. The lowest BCUT2D eigenvalue weighted by Gasteiger charge is -2.54. The Kier molecular flexibility index (Phi) is 8.58. The van der Waals surface area contributed by atoms with Gasteiger partial charge in [-0.15, -0.1) is 12.4 Å². The van der Waals surface area contributed by atoms with E-state index in [-0.39, 0.29) is 42.4 Å². The highest BCUT2D eigenvalue weighted by atomic mass is 35.5. The molecule has 0 atom stereocenters. The van der Waals surface area contributed by atoms with Crippen molar-refractivity contribution in [1.29, 1.82) is 0 Å². The molecule has 2 heterocycles. The third-order valence-electron chi connectivity index (χ3n) is 8.76. The Morgan fingerprint density at radius 3 is 2.30 bits per heavy atom. The third kappa shape index (κ3) is 6.17. The molecule has 9 heteroatoms. The summed E-state index contributed by atoms with van der Waals surface area (Å²) < 4.78 is 7.66. The average Bonchev–Trinajstić information content (AvgIpc) is 3.22. The fourth-order valence-electron chi connectivity index (χ4n) is 7.01. The maximum atomic E-state index is 13.4. The summed E-state index contributed by atoms with van der Waals surface area (Å²) in [5, 5.41) is 14.3. The molecule has 3 N–H and O–H groups in total. The molecule has 1 aliphatic heterocycles. The molecule has 0 aromatic carbocycles. The number of piperidine rings is 1. The Labute approximate surface area is 227 Å². The zero-order valence-corrected chi connectivity index (χ0v) is 23.5. The van der Waals surface area contributed by atoms with E-state index < -0.39 is 5.41 Å². The van der Waals surface area contributed by atoms with Crippen molar-refractivity contribution < 1.29 is 14.3 Å². The number of halogens is 1. The van der Waals surface area contributed by atoms with E-state index in [0.717, 1.165) is 37.8 Å². The van der Waals surface area contributed by atoms with Crippen LogP contribution in [0.15, 0.2) is 12.3 Å². The van der Waals surface area contributed by atoms with E-state index >= 15 is 0 Å². The molecule has 2 amide bonds. The molecular weight excluding hydrogens is 490 g/mol. The number of nitrogens with one attached hydrogen (secondary N) is 3. The number of carbonyl (C=O) groups excluding carboxylic acids is 2. The van der Waals surface area contributed by atoms with E-state index in [9.17, 15) is 9.59 Å². The fourth-order valence-corrected chi connectivity index (χ4v) is 7.01. The van der Waals surface area contributed by atoms with Crippen molar-refractivity contribution in [2.75, 3.05) is 13.1 Å². The minimum absolute atomic E-state index is 0. The van der Waals surface area contributed by atoms with Crippen LogP contribution in [0.1, 0.15) is 83.0 Å². The zero-order chi connectivity index (χ0) is 25.4. The van der Waals surface area contributed by atoms with Crippen molar-refractivity contribution in [2.24, 2.45) is 29.1 Å². The summed E-state index contributed by atoms with van der Waals surface area (Å²) in [4.78, 5) is 26.4. The van der Waals surface area contributed by atoms with Crippen LogP contribution in [0.3, 0.4) is 0 Å². The van der Waals surface area contributed by atoms with Crippen LogP contribution in [-0.4, -0.2) is 52.9 Å². The number of aromatic nitrogens is 2. The average molecular weight is 534 g/mol. The molecule has 4 aliphatic carbocycles. The van der Waals surface area contributed by atoms with E-state index in [4.69, 9.17) is 4.74 Å². The Hall–Kier alpha value is -2.06. The van der Waals surface area contributed by atoms with Crippen LogP contribution in [0, 0.1) is 29.1 Å². The molecule has 6 rings (SSSR count). The second kappa shape index (κ2) is 11.4. The molecule has 4 saturated carbocycles. The molecule has 37 heavy (non-hydrogen) atoms. The number of ether oxygens (including phenoxy) is 1. The van der Waals surface area contributed by atoms with Crippen molar-refractivity contribution in [3.8, 4) is 5.88 Å². The number of hydrogen-bond donors (Lipinski definition) is 3. The topological polar surface area (TPSA) is 97.3 Å². The summed E-state index contributed by atoms with van der Waals surface area (Å²) in [6, 6.07) is 0.463. The summed E-state index contributed by atoms with van der Waals surface area (Å²) in [5.74, 6) is 3.25. The van der Waals surface area contributed by atoms with Crippen LogP contribution in [0.4, 0.5) is 0 Å². The minimum atomic E-state index is -0.727. The van der Waals surface area contributed by atoms with Crippen LogP contribution in [0.25, 0.3) is 6.20 Å². The van der Waals surface area contributed by atoms with E-state index in [0.29, 0.717) is 23.3 Å². The molecule has 5 aliphatic rings. The predicted octanol–water partition coefficient (Wildman–Crippen LogP) is 4.01. The summed E-state index contributed by atoms with van der Waals surface area (Å²) >= 11 is 0. The zero-order valence-electron chi connectivity index (χ0n) is 22.7. The van der Waals surface area contributed by atoms with Gasteiger partial charge in [0.1, 0.15) is 5.56 Å². The fraction of sp³-hybridized carbons (Fsp3) is 0.750. The molecule has 8 nitrogen and oxygen atoms in total. The molecule has 0 radical (unpaired) electrons. The maximum Gasteiger partial charge on any atom is 0.258 e. The van der Waals surface area contributed by atoms with E-state index in [2.05, 4.69) is 21.0 Å². The first kappa shape index (κ1) is 28.0. The monoisotopic (exact) mass is 533 g/mol. The minimum Gasteiger partial charge on any atom is -0.474 e. The second-order valence-corrected chi connectivity index (χ2v) is 12.4. The van der Waals surface area contributed by atoms with Crippen molar-refractivity contribution in [3.05, 3.63) is 17.8 Å². The van der Waals surface area contributed by atoms with Gasteiger partial charge in [0.25, 0.3) is 5.91 Å². The standard InChI is InChI=1S/C28H43N5O3.ClH/c1-17(2)36-26-23(25(34)32-24-20-12-18-11-19(14-20)15-21(24)13-18)16-30-33(26)10-7-28(3,4)27(35)31-22-5-8-29-9-6-22;/h7,10,16-22,24,29H,5-6,8-9,11-15H2,1-4H3,(H,31,35)(H,32,34);1H/b10-7+;.